The van der Waals surface area contributed by atoms with Gasteiger partial charge in [0.15, 0.2) is 6.29 Å². The first-order chi connectivity index (χ1) is 13.2. The molecule has 0 saturated carbocycles. The summed E-state index contributed by atoms with van der Waals surface area (Å²) in [4.78, 5) is 11.9. The van der Waals surface area contributed by atoms with Crippen LogP contribution in [0.4, 0.5) is 0 Å². The predicted octanol–water partition coefficient (Wildman–Crippen LogP) is 5.09. The Labute approximate surface area is 173 Å². The van der Waals surface area contributed by atoms with E-state index in [1.165, 1.54) is 70.6 Å². The second kappa shape index (κ2) is 15.2. The van der Waals surface area contributed by atoms with Crippen LogP contribution in [0, 0.1) is 0 Å². The molecule has 0 aliphatic rings. The number of nitrogens with zero attached hydrogens (tertiary/aromatic N) is 1. The van der Waals surface area contributed by atoms with Gasteiger partial charge in [-0.1, -0.05) is 90.4 Å². The minimum atomic E-state index is -1.60. The first-order valence-corrected chi connectivity index (χ1v) is 11.6. The van der Waals surface area contributed by atoms with Gasteiger partial charge in [-0.3, -0.25) is 0 Å². The van der Waals surface area contributed by atoms with Crippen molar-refractivity contribution in [3.63, 3.8) is 0 Å². The summed E-state index contributed by atoms with van der Waals surface area (Å²) in [6.45, 7) is 2.26. The number of likely N-dealkylation sites (N-methyl/N-ethyl adjacent to an activating group) is 1. The molecule has 0 amide bonds. The summed E-state index contributed by atoms with van der Waals surface area (Å²) in [5.41, 5.74) is -1.15. The van der Waals surface area contributed by atoms with Crippen LogP contribution in [-0.4, -0.2) is 58.7 Å². The van der Waals surface area contributed by atoms with Gasteiger partial charge in [0.25, 0.3) is 0 Å². The molecular formula is C23H48NO4+. The molecular weight excluding hydrogens is 354 g/mol. The molecule has 0 saturated heterocycles. The number of carbonyl (C=O) groups is 1. The van der Waals surface area contributed by atoms with Gasteiger partial charge in [-0.15, -0.1) is 0 Å². The minimum absolute atomic E-state index is 0.135. The van der Waals surface area contributed by atoms with Gasteiger partial charge in [0.1, 0.15) is 0 Å². The molecule has 0 radical (unpaired) electrons. The van der Waals surface area contributed by atoms with Gasteiger partial charge in [0.05, 0.1) is 27.6 Å². The number of aliphatic hydroxyl groups is 2. The molecule has 0 aromatic rings. The Kier molecular flexibility index (Phi) is 14.9. The monoisotopic (exact) mass is 402 g/mol. The summed E-state index contributed by atoms with van der Waals surface area (Å²) < 4.78 is 0.193. The van der Waals surface area contributed by atoms with Gasteiger partial charge in [-0.2, -0.15) is 0 Å². The topological polar surface area (TPSA) is 77.8 Å². The van der Waals surface area contributed by atoms with Crippen LogP contribution in [-0.2, 0) is 4.79 Å². The maximum atomic E-state index is 11.9. The van der Waals surface area contributed by atoms with Gasteiger partial charge in [0, 0.05) is 6.42 Å². The van der Waals surface area contributed by atoms with Crippen LogP contribution in [0.2, 0.25) is 0 Å². The zero-order valence-electron chi connectivity index (χ0n) is 19.1. The van der Waals surface area contributed by atoms with Crippen LogP contribution >= 0.6 is 0 Å². The molecule has 1 atom stereocenters. The summed E-state index contributed by atoms with van der Waals surface area (Å²) in [5, 5.41) is 28.6. The SMILES string of the molecule is CCCCCCCCCCCCCCCCC(CC(O)O)(C(=O)O)[N+](C)(C)C. The average molecular weight is 403 g/mol. The second-order valence-corrected chi connectivity index (χ2v) is 9.38. The zero-order chi connectivity index (χ0) is 21.5. The highest BCUT2D eigenvalue weighted by atomic mass is 16.5. The van der Waals surface area contributed by atoms with Gasteiger partial charge in [0.2, 0.25) is 5.54 Å². The highest BCUT2D eigenvalue weighted by Gasteiger charge is 2.51. The molecule has 168 valence electrons. The maximum Gasteiger partial charge on any atom is 0.365 e. The number of rotatable bonds is 19. The Morgan fingerprint density at radius 1 is 0.750 bits per heavy atom. The van der Waals surface area contributed by atoms with Gasteiger partial charge < -0.3 is 19.8 Å². The predicted molar refractivity (Wildman–Crippen MR) is 116 cm³/mol. The number of carboxylic acid groups (broad SMARTS) is 1. The molecule has 0 bridgehead atoms. The van der Waals surface area contributed by atoms with Crippen molar-refractivity contribution in [3.8, 4) is 0 Å². The Bertz CT molecular complexity index is 393. The van der Waals surface area contributed by atoms with E-state index in [4.69, 9.17) is 0 Å². The van der Waals surface area contributed by atoms with Crippen LogP contribution in [0.5, 0.6) is 0 Å². The third-order valence-electron chi connectivity index (χ3n) is 6.15. The molecule has 1 unspecified atom stereocenters. The van der Waals surface area contributed by atoms with E-state index in [1.807, 2.05) is 21.1 Å². The fraction of sp³-hybridized carbons (Fsp3) is 0.957. The zero-order valence-corrected chi connectivity index (χ0v) is 19.1. The number of hydrogen-bond donors (Lipinski definition) is 3. The van der Waals surface area contributed by atoms with Crippen molar-refractivity contribution in [3.05, 3.63) is 0 Å². The summed E-state index contributed by atoms with van der Waals surface area (Å²) in [5.74, 6) is -0.942. The Hall–Kier alpha value is -0.650. The van der Waals surface area contributed by atoms with E-state index >= 15 is 0 Å². The molecule has 0 fully saturated rings. The number of carboxylic acids is 1. The molecule has 0 rings (SSSR count). The molecule has 0 aliphatic heterocycles. The molecule has 3 N–H and O–H groups in total. The lowest BCUT2D eigenvalue weighted by atomic mass is 9.85. The molecule has 0 aliphatic carbocycles. The third-order valence-corrected chi connectivity index (χ3v) is 6.15. The molecule has 5 heteroatoms. The molecule has 0 heterocycles. The molecule has 0 aromatic heterocycles. The average Bonchev–Trinajstić information content (AvgIpc) is 2.59. The van der Waals surface area contributed by atoms with E-state index in [1.54, 1.807) is 0 Å². The number of aliphatic hydroxyl groups excluding tert-OH is 1. The lowest BCUT2D eigenvalue weighted by Crippen LogP contribution is -2.63. The first-order valence-electron chi connectivity index (χ1n) is 11.6. The summed E-state index contributed by atoms with van der Waals surface area (Å²) in [6, 6.07) is 0. The number of unbranched alkanes of at least 4 members (excludes halogenated alkanes) is 13. The highest BCUT2D eigenvalue weighted by Crippen LogP contribution is 2.31. The quantitative estimate of drug-likeness (QED) is 0.160. The van der Waals surface area contributed by atoms with Crippen molar-refractivity contribution >= 4 is 5.97 Å². The summed E-state index contributed by atoms with van der Waals surface area (Å²) in [7, 11) is 5.46. The van der Waals surface area contributed by atoms with Gasteiger partial charge in [-0.05, 0) is 6.42 Å². The largest absolute Gasteiger partial charge is 0.477 e. The Morgan fingerprint density at radius 3 is 1.39 bits per heavy atom. The highest BCUT2D eigenvalue weighted by molar-refractivity contribution is 5.77. The van der Waals surface area contributed by atoms with E-state index < -0.39 is 17.8 Å². The normalized spacial score (nSPS) is 14.4. The van der Waals surface area contributed by atoms with E-state index in [0.717, 1.165) is 19.3 Å². The third kappa shape index (κ3) is 11.4. The van der Waals surface area contributed by atoms with Crippen LogP contribution in [0.1, 0.15) is 110 Å². The van der Waals surface area contributed by atoms with Crippen molar-refractivity contribution in [2.45, 2.75) is 121 Å². The molecule has 0 spiro atoms. The minimum Gasteiger partial charge on any atom is -0.477 e. The molecule has 28 heavy (non-hydrogen) atoms. The standard InChI is InChI=1S/C23H47NO4/c1-5-6-7-8-9-10-11-12-13-14-15-16-17-18-19-23(22(27)28,20-21(25)26)24(2,3)4/h21,25-26H,5-20H2,1-4H3/p+1. The lowest BCUT2D eigenvalue weighted by molar-refractivity contribution is -0.915. The van der Waals surface area contributed by atoms with Crippen molar-refractivity contribution < 1.29 is 24.6 Å². The smallest absolute Gasteiger partial charge is 0.365 e. The van der Waals surface area contributed by atoms with Crippen LogP contribution in [0.25, 0.3) is 0 Å². The number of quaternary nitrogens is 1. The number of hydrogen-bond acceptors (Lipinski definition) is 3. The summed E-state index contributed by atoms with van der Waals surface area (Å²) >= 11 is 0. The lowest BCUT2D eigenvalue weighted by Gasteiger charge is -2.43. The fourth-order valence-corrected chi connectivity index (χ4v) is 4.11. The molecule has 0 aromatic carbocycles. The van der Waals surface area contributed by atoms with E-state index in [2.05, 4.69) is 6.92 Å². The number of aliphatic carboxylic acids is 1. The van der Waals surface area contributed by atoms with E-state index in [-0.39, 0.29) is 10.9 Å². The van der Waals surface area contributed by atoms with Gasteiger partial charge >= 0.3 is 5.97 Å². The van der Waals surface area contributed by atoms with E-state index in [0.29, 0.717) is 6.42 Å². The Balaban J connectivity index is 3.88. The fourth-order valence-electron chi connectivity index (χ4n) is 4.11. The van der Waals surface area contributed by atoms with Crippen molar-refractivity contribution in [2.24, 2.45) is 0 Å². The van der Waals surface area contributed by atoms with Crippen molar-refractivity contribution in [2.75, 3.05) is 21.1 Å². The van der Waals surface area contributed by atoms with Crippen molar-refractivity contribution in [1.82, 2.24) is 0 Å². The van der Waals surface area contributed by atoms with Crippen LogP contribution < -0.4 is 0 Å². The summed E-state index contributed by atoms with van der Waals surface area (Å²) in [6.07, 6.45) is 16.4. The van der Waals surface area contributed by atoms with Crippen LogP contribution in [0.15, 0.2) is 0 Å². The van der Waals surface area contributed by atoms with Gasteiger partial charge in [-0.25, -0.2) is 4.79 Å². The van der Waals surface area contributed by atoms with Crippen molar-refractivity contribution in [1.29, 1.82) is 0 Å². The second-order valence-electron chi connectivity index (χ2n) is 9.38. The van der Waals surface area contributed by atoms with Crippen LogP contribution in [0.3, 0.4) is 0 Å². The maximum absolute atomic E-state index is 11.9. The Morgan fingerprint density at radius 2 is 1.11 bits per heavy atom. The first kappa shape index (κ1) is 27.4. The molecule has 5 nitrogen and oxygen atoms in total. The van der Waals surface area contributed by atoms with E-state index in [9.17, 15) is 20.1 Å².